The van der Waals surface area contributed by atoms with Gasteiger partial charge in [-0.3, -0.25) is 14.9 Å². The molecule has 0 N–H and O–H groups in total. The summed E-state index contributed by atoms with van der Waals surface area (Å²) >= 11 is 0. The van der Waals surface area contributed by atoms with Gasteiger partial charge in [0.05, 0.1) is 7.11 Å². The van der Waals surface area contributed by atoms with Gasteiger partial charge in [0.2, 0.25) is 12.5 Å². The van der Waals surface area contributed by atoms with E-state index in [2.05, 4.69) is 6.92 Å². The van der Waals surface area contributed by atoms with Crippen LogP contribution in [0.15, 0.2) is 24.3 Å². The van der Waals surface area contributed by atoms with Crippen LogP contribution in [0.3, 0.4) is 0 Å². The fourth-order valence-corrected chi connectivity index (χ4v) is 4.44. The van der Waals surface area contributed by atoms with Gasteiger partial charge < -0.3 is 9.64 Å². The fraction of sp³-hybridized carbons (Fsp3) is 0.611. The summed E-state index contributed by atoms with van der Waals surface area (Å²) in [4.78, 5) is 25.1. The largest absolute Gasteiger partial charge is 0.497 e. The quantitative estimate of drug-likeness (QED) is 0.592. The van der Waals surface area contributed by atoms with Gasteiger partial charge in [0, 0.05) is 29.8 Å². The van der Waals surface area contributed by atoms with Crippen molar-refractivity contribution in [1.29, 1.82) is 0 Å². The number of methoxy groups -OCH3 is 1. The molecule has 3 rings (SSSR count). The Bertz CT molecular complexity index is 633. The number of hydrogen-bond acceptors (Lipinski definition) is 4. The molecule has 1 saturated carbocycles. The normalized spacial score (nSPS) is 28.9. The minimum atomic E-state index is -0.229. The van der Waals surface area contributed by atoms with Gasteiger partial charge >= 0.3 is 0 Å². The summed E-state index contributed by atoms with van der Waals surface area (Å²) in [6, 6.07) is 8.05. The first-order valence-corrected chi connectivity index (χ1v) is 8.53. The van der Waals surface area contributed by atoms with Gasteiger partial charge in [-0.05, 0) is 42.4 Å². The number of rotatable bonds is 6. The maximum atomic E-state index is 12.4. The summed E-state index contributed by atoms with van der Waals surface area (Å²) in [6.07, 6.45) is 2.12. The van der Waals surface area contributed by atoms with Crippen molar-refractivity contribution < 1.29 is 14.5 Å². The Morgan fingerprint density at radius 1 is 1.42 bits per heavy atom. The van der Waals surface area contributed by atoms with Crippen LogP contribution in [0.25, 0.3) is 0 Å². The van der Waals surface area contributed by atoms with Gasteiger partial charge in [-0.1, -0.05) is 19.1 Å². The molecule has 0 radical (unpaired) electrons. The van der Waals surface area contributed by atoms with Crippen LogP contribution in [0.2, 0.25) is 0 Å². The molecule has 0 spiro atoms. The smallest absolute Gasteiger partial charge is 0.223 e. The Kier molecular flexibility index (Phi) is 4.73. The molecule has 6 nitrogen and oxygen atoms in total. The topological polar surface area (TPSA) is 72.7 Å². The molecule has 1 heterocycles. The number of carbonyl (C=O) groups is 1. The molecule has 6 heteroatoms. The van der Waals surface area contributed by atoms with E-state index in [-0.39, 0.29) is 35.3 Å². The van der Waals surface area contributed by atoms with E-state index in [9.17, 15) is 14.9 Å². The number of benzene rings is 1. The number of hydrogen-bond donors (Lipinski definition) is 0. The van der Waals surface area contributed by atoms with E-state index in [0.717, 1.165) is 24.2 Å². The van der Waals surface area contributed by atoms with Crippen LogP contribution in [0, 0.1) is 27.9 Å². The van der Waals surface area contributed by atoms with E-state index in [1.165, 1.54) is 0 Å². The lowest BCUT2D eigenvalue weighted by Gasteiger charge is -2.24. The summed E-state index contributed by atoms with van der Waals surface area (Å²) in [5.74, 6) is 1.43. The molecule has 1 saturated heterocycles. The lowest BCUT2D eigenvalue weighted by molar-refractivity contribution is -0.490. The number of amides is 1. The van der Waals surface area contributed by atoms with Crippen molar-refractivity contribution in [3.63, 3.8) is 0 Å². The lowest BCUT2D eigenvalue weighted by Crippen LogP contribution is -2.35. The van der Waals surface area contributed by atoms with Crippen molar-refractivity contribution in [2.45, 2.75) is 32.2 Å². The Morgan fingerprint density at radius 2 is 2.21 bits per heavy atom. The third kappa shape index (κ3) is 3.23. The van der Waals surface area contributed by atoms with Crippen LogP contribution >= 0.6 is 0 Å². The van der Waals surface area contributed by atoms with Crippen LogP contribution in [0.1, 0.15) is 25.3 Å². The molecule has 2 aliphatic rings. The molecular weight excluding hydrogens is 308 g/mol. The first-order valence-electron chi connectivity index (χ1n) is 8.53. The first kappa shape index (κ1) is 16.7. The molecule has 2 unspecified atom stereocenters. The molecular formula is C18H24N2O4. The van der Waals surface area contributed by atoms with Gasteiger partial charge in [-0.15, -0.1) is 0 Å². The molecule has 4 atom stereocenters. The van der Waals surface area contributed by atoms with Crippen LogP contribution < -0.4 is 4.74 Å². The SMILES string of the molecule is COc1cccc(CCN2C(=O)CC3C2C[C@H](C)[C@H]3C[N+](=O)[O-])c1. The van der Waals surface area contributed by atoms with E-state index >= 15 is 0 Å². The standard InChI is InChI=1S/C18H24N2O4/c1-12-8-17-15(16(12)11-20(22)23)10-18(21)19(17)7-6-13-4-3-5-14(9-13)24-2/h3-5,9,12,15-17H,6-8,10-11H2,1-2H3/t12-,15?,16+,17?/m0/s1. The van der Waals surface area contributed by atoms with Gasteiger partial charge in [0.25, 0.3) is 0 Å². The van der Waals surface area contributed by atoms with Gasteiger partial charge in [-0.2, -0.15) is 0 Å². The van der Waals surface area contributed by atoms with Crippen LogP contribution in [0.5, 0.6) is 5.75 Å². The molecule has 0 bridgehead atoms. The van der Waals surface area contributed by atoms with E-state index in [4.69, 9.17) is 4.74 Å². The second-order valence-electron chi connectivity index (χ2n) is 7.02. The van der Waals surface area contributed by atoms with Crippen molar-refractivity contribution >= 4 is 5.91 Å². The third-order valence-electron chi connectivity index (χ3n) is 5.65. The number of nitro groups is 1. The highest BCUT2D eigenvalue weighted by atomic mass is 16.6. The first-order chi connectivity index (χ1) is 11.5. The highest BCUT2D eigenvalue weighted by Gasteiger charge is 2.51. The van der Waals surface area contributed by atoms with E-state index in [1.54, 1.807) is 7.11 Å². The summed E-state index contributed by atoms with van der Waals surface area (Å²) < 4.78 is 5.24. The Balaban J connectivity index is 1.66. The Labute approximate surface area is 141 Å². The molecule has 1 amide bonds. The Hall–Kier alpha value is -2.11. The van der Waals surface area contributed by atoms with Crippen LogP contribution in [0.4, 0.5) is 0 Å². The molecule has 1 aliphatic carbocycles. The molecule has 24 heavy (non-hydrogen) atoms. The van der Waals surface area contributed by atoms with E-state index < -0.39 is 0 Å². The Morgan fingerprint density at radius 3 is 2.92 bits per heavy atom. The van der Waals surface area contributed by atoms with Crippen molar-refractivity contribution in [3.8, 4) is 5.75 Å². The number of fused-ring (bicyclic) bond motifs is 1. The second kappa shape index (κ2) is 6.79. The molecule has 1 aliphatic heterocycles. The zero-order valence-electron chi connectivity index (χ0n) is 14.2. The predicted octanol–water partition coefficient (Wildman–Crippen LogP) is 2.39. The van der Waals surface area contributed by atoms with Crippen molar-refractivity contribution in [1.82, 2.24) is 4.90 Å². The predicted molar refractivity (Wildman–Crippen MR) is 89.4 cm³/mol. The van der Waals surface area contributed by atoms with E-state index in [0.29, 0.717) is 18.9 Å². The maximum absolute atomic E-state index is 12.4. The van der Waals surface area contributed by atoms with Gasteiger partial charge in [-0.25, -0.2) is 0 Å². The van der Waals surface area contributed by atoms with Crippen LogP contribution in [-0.2, 0) is 11.2 Å². The average Bonchev–Trinajstić information content (AvgIpc) is 3.00. The zero-order valence-corrected chi connectivity index (χ0v) is 14.2. The lowest BCUT2D eigenvalue weighted by atomic mass is 9.89. The minimum absolute atomic E-state index is 0.0145. The number of likely N-dealkylation sites (tertiary alicyclic amines) is 1. The number of nitrogens with zero attached hydrogens (tertiary/aromatic N) is 2. The summed E-state index contributed by atoms with van der Waals surface area (Å²) in [6.45, 7) is 2.74. The summed E-state index contributed by atoms with van der Waals surface area (Å²) in [5.41, 5.74) is 1.14. The second-order valence-corrected chi connectivity index (χ2v) is 7.02. The summed E-state index contributed by atoms with van der Waals surface area (Å²) in [5, 5.41) is 10.9. The number of ether oxygens (including phenoxy) is 1. The monoisotopic (exact) mass is 332 g/mol. The van der Waals surface area contributed by atoms with Gasteiger partial charge in [0.15, 0.2) is 0 Å². The maximum Gasteiger partial charge on any atom is 0.223 e. The molecule has 0 aromatic heterocycles. The highest BCUT2D eigenvalue weighted by molar-refractivity contribution is 5.79. The minimum Gasteiger partial charge on any atom is -0.497 e. The van der Waals surface area contributed by atoms with Crippen molar-refractivity contribution in [3.05, 3.63) is 39.9 Å². The van der Waals surface area contributed by atoms with Crippen molar-refractivity contribution in [2.24, 2.45) is 17.8 Å². The third-order valence-corrected chi connectivity index (χ3v) is 5.65. The number of carbonyl (C=O) groups excluding carboxylic acids is 1. The van der Waals surface area contributed by atoms with Crippen LogP contribution in [-0.4, -0.2) is 42.0 Å². The molecule has 2 fully saturated rings. The zero-order chi connectivity index (χ0) is 17.3. The van der Waals surface area contributed by atoms with Gasteiger partial charge in [0.1, 0.15) is 5.75 Å². The molecule has 1 aromatic carbocycles. The highest BCUT2D eigenvalue weighted by Crippen LogP contribution is 2.46. The molecule has 1 aromatic rings. The fourth-order valence-electron chi connectivity index (χ4n) is 4.44. The average molecular weight is 332 g/mol. The van der Waals surface area contributed by atoms with E-state index in [1.807, 2.05) is 29.2 Å². The molecule has 130 valence electrons. The van der Waals surface area contributed by atoms with Crippen molar-refractivity contribution in [2.75, 3.05) is 20.2 Å². The summed E-state index contributed by atoms with van der Waals surface area (Å²) in [7, 11) is 1.64.